The highest BCUT2D eigenvalue weighted by Crippen LogP contribution is 2.24. The topological polar surface area (TPSA) is 61.9 Å². The summed E-state index contributed by atoms with van der Waals surface area (Å²) in [5.41, 5.74) is 7.03. The average Bonchev–Trinajstić information content (AvgIpc) is 3.21. The van der Waals surface area contributed by atoms with Crippen LogP contribution in [0.25, 0.3) is 22.2 Å². The van der Waals surface area contributed by atoms with E-state index in [0.29, 0.717) is 0 Å². The van der Waals surface area contributed by atoms with Gasteiger partial charge in [0.2, 0.25) is 0 Å². The van der Waals surface area contributed by atoms with Crippen molar-refractivity contribution < 1.29 is 9.53 Å². The maximum Gasteiger partial charge on any atom is 0.312 e. The fourth-order valence-corrected chi connectivity index (χ4v) is 3.56. The highest BCUT2D eigenvalue weighted by molar-refractivity contribution is 5.79. The lowest BCUT2D eigenvalue weighted by molar-refractivity contribution is -0.144. The summed E-state index contributed by atoms with van der Waals surface area (Å²) in [5, 5.41) is 9.96. The summed E-state index contributed by atoms with van der Waals surface area (Å²) in [6.45, 7) is 4.39. The van der Waals surface area contributed by atoms with Crippen LogP contribution in [0.1, 0.15) is 22.4 Å². The van der Waals surface area contributed by atoms with Crippen molar-refractivity contribution in [3.63, 3.8) is 0 Å². The molecule has 0 atom stereocenters. The number of carbonyl (C=O) groups excluding carboxylic acids is 1. The molecule has 148 valence electrons. The fraction of sp³-hybridized carbons (Fsp3) is 0.261. The minimum absolute atomic E-state index is 0.184. The van der Waals surface area contributed by atoms with Crippen LogP contribution >= 0.6 is 0 Å². The lowest BCUT2D eigenvalue weighted by Crippen LogP contribution is -2.11. The molecule has 0 amide bonds. The Labute approximate surface area is 169 Å². The SMILES string of the molecule is Cc1ccc(-c2cc(CC(=O)OCc3ccc4nn(C)cc4c3)n(C)n2)c(C)c1. The molecule has 0 spiro atoms. The number of rotatable bonds is 5. The van der Waals surface area contributed by atoms with Gasteiger partial charge >= 0.3 is 5.97 Å². The molecule has 6 heteroatoms. The van der Waals surface area contributed by atoms with E-state index in [1.807, 2.05) is 44.6 Å². The predicted octanol–water partition coefficient (Wildman–Crippen LogP) is 3.88. The van der Waals surface area contributed by atoms with Crippen LogP contribution in [0.3, 0.4) is 0 Å². The van der Waals surface area contributed by atoms with E-state index in [1.165, 1.54) is 11.1 Å². The van der Waals surface area contributed by atoms with Crippen LogP contribution < -0.4 is 0 Å². The first-order chi connectivity index (χ1) is 13.9. The first kappa shape index (κ1) is 18.9. The second-order valence-corrected chi connectivity index (χ2v) is 7.50. The third-order valence-corrected chi connectivity index (χ3v) is 5.04. The van der Waals surface area contributed by atoms with E-state index in [1.54, 1.807) is 9.36 Å². The molecule has 0 aliphatic carbocycles. The van der Waals surface area contributed by atoms with Crippen molar-refractivity contribution in [2.24, 2.45) is 14.1 Å². The predicted molar refractivity (Wildman–Crippen MR) is 112 cm³/mol. The van der Waals surface area contributed by atoms with Crippen LogP contribution in [-0.4, -0.2) is 25.5 Å². The van der Waals surface area contributed by atoms with Gasteiger partial charge in [0.05, 0.1) is 17.6 Å². The van der Waals surface area contributed by atoms with Crippen molar-refractivity contribution in [3.05, 3.63) is 71.0 Å². The molecule has 2 aromatic heterocycles. The molecule has 4 aromatic rings. The molecule has 0 bridgehead atoms. The van der Waals surface area contributed by atoms with Crippen molar-refractivity contribution in [2.45, 2.75) is 26.9 Å². The third-order valence-electron chi connectivity index (χ3n) is 5.04. The van der Waals surface area contributed by atoms with Crippen LogP contribution in [0.2, 0.25) is 0 Å². The van der Waals surface area contributed by atoms with Gasteiger partial charge in [0.25, 0.3) is 0 Å². The van der Waals surface area contributed by atoms with Crippen LogP contribution in [0.5, 0.6) is 0 Å². The maximum absolute atomic E-state index is 12.4. The molecule has 0 radical (unpaired) electrons. The molecule has 0 N–H and O–H groups in total. The Morgan fingerprint density at radius 3 is 2.66 bits per heavy atom. The molecule has 2 heterocycles. The number of aryl methyl sites for hydroxylation is 4. The normalized spacial score (nSPS) is 11.2. The van der Waals surface area contributed by atoms with Gasteiger partial charge in [0.1, 0.15) is 6.61 Å². The van der Waals surface area contributed by atoms with Gasteiger partial charge in [-0.05, 0) is 43.2 Å². The van der Waals surface area contributed by atoms with Crippen LogP contribution in [-0.2, 0) is 36.7 Å². The molecule has 29 heavy (non-hydrogen) atoms. The zero-order valence-electron chi connectivity index (χ0n) is 17.1. The van der Waals surface area contributed by atoms with Gasteiger partial charge in [0, 0.05) is 36.9 Å². The minimum atomic E-state index is -0.272. The van der Waals surface area contributed by atoms with Gasteiger partial charge in [0.15, 0.2) is 0 Å². The Morgan fingerprint density at radius 1 is 1.03 bits per heavy atom. The second kappa shape index (κ2) is 7.54. The number of benzene rings is 2. The molecule has 0 aliphatic rings. The zero-order valence-corrected chi connectivity index (χ0v) is 17.1. The summed E-state index contributed by atoms with van der Waals surface area (Å²) in [6, 6.07) is 14.1. The van der Waals surface area contributed by atoms with E-state index >= 15 is 0 Å². The summed E-state index contributed by atoms with van der Waals surface area (Å²) >= 11 is 0. The lowest BCUT2D eigenvalue weighted by atomic mass is 10.0. The third kappa shape index (κ3) is 4.06. The van der Waals surface area contributed by atoms with Crippen molar-refractivity contribution >= 4 is 16.9 Å². The number of esters is 1. The van der Waals surface area contributed by atoms with Crippen molar-refractivity contribution in [1.29, 1.82) is 0 Å². The number of ether oxygens (including phenoxy) is 1. The standard InChI is InChI=1S/C23H24N4O2/c1-15-5-7-20(16(2)9-15)22-11-19(27(4)25-22)12-23(28)29-14-17-6-8-21-18(10-17)13-26(3)24-21/h5-11,13H,12,14H2,1-4H3. The summed E-state index contributed by atoms with van der Waals surface area (Å²) in [6.07, 6.45) is 2.13. The smallest absolute Gasteiger partial charge is 0.312 e. The molecule has 0 saturated carbocycles. The van der Waals surface area contributed by atoms with Gasteiger partial charge in [-0.1, -0.05) is 29.8 Å². The zero-order chi connectivity index (χ0) is 20.5. The second-order valence-electron chi connectivity index (χ2n) is 7.50. The van der Waals surface area contributed by atoms with Crippen LogP contribution in [0.4, 0.5) is 0 Å². The monoisotopic (exact) mass is 388 g/mol. The Kier molecular flexibility index (Phi) is 4.92. The average molecular weight is 388 g/mol. The van der Waals surface area contributed by atoms with E-state index in [0.717, 1.165) is 33.4 Å². The highest BCUT2D eigenvalue weighted by atomic mass is 16.5. The molecule has 0 saturated heterocycles. The van der Waals surface area contributed by atoms with Gasteiger partial charge in [-0.3, -0.25) is 14.2 Å². The van der Waals surface area contributed by atoms with Gasteiger partial charge in [-0.25, -0.2) is 0 Å². The quantitative estimate of drug-likeness (QED) is 0.487. The molecule has 0 aliphatic heterocycles. The molecule has 0 unspecified atom stereocenters. The Balaban J connectivity index is 1.43. The van der Waals surface area contributed by atoms with Gasteiger partial charge < -0.3 is 4.74 Å². The molecule has 2 aromatic carbocycles. The minimum Gasteiger partial charge on any atom is -0.461 e. The first-order valence-corrected chi connectivity index (χ1v) is 9.57. The summed E-state index contributed by atoms with van der Waals surface area (Å²) in [7, 11) is 3.74. The van der Waals surface area contributed by atoms with Crippen LogP contribution in [0.15, 0.2) is 48.7 Å². The molecule has 4 rings (SSSR count). The first-order valence-electron chi connectivity index (χ1n) is 9.57. The molecular formula is C23H24N4O2. The van der Waals surface area contributed by atoms with E-state index in [2.05, 4.69) is 42.2 Å². The van der Waals surface area contributed by atoms with Crippen molar-refractivity contribution in [1.82, 2.24) is 19.6 Å². The number of hydrogen-bond donors (Lipinski definition) is 0. The van der Waals surface area contributed by atoms with E-state index in [4.69, 9.17) is 4.74 Å². The van der Waals surface area contributed by atoms with Gasteiger partial charge in [-0.15, -0.1) is 0 Å². The molecule has 6 nitrogen and oxygen atoms in total. The van der Waals surface area contributed by atoms with E-state index < -0.39 is 0 Å². The van der Waals surface area contributed by atoms with E-state index in [-0.39, 0.29) is 19.0 Å². The van der Waals surface area contributed by atoms with E-state index in [9.17, 15) is 4.79 Å². The summed E-state index contributed by atoms with van der Waals surface area (Å²) < 4.78 is 9.01. The van der Waals surface area contributed by atoms with Crippen molar-refractivity contribution in [2.75, 3.05) is 0 Å². The fourth-order valence-electron chi connectivity index (χ4n) is 3.56. The number of fused-ring (bicyclic) bond motifs is 1. The Hall–Kier alpha value is -3.41. The Bertz CT molecular complexity index is 1200. The number of hydrogen-bond acceptors (Lipinski definition) is 4. The molecule has 0 fully saturated rings. The van der Waals surface area contributed by atoms with Crippen LogP contribution in [0, 0.1) is 13.8 Å². The Morgan fingerprint density at radius 2 is 1.86 bits per heavy atom. The summed E-state index contributed by atoms with van der Waals surface area (Å²) in [5.74, 6) is -0.272. The van der Waals surface area contributed by atoms with Gasteiger partial charge in [-0.2, -0.15) is 10.2 Å². The summed E-state index contributed by atoms with van der Waals surface area (Å²) in [4.78, 5) is 12.4. The number of nitrogens with zero attached hydrogens (tertiary/aromatic N) is 4. The number of aromatic nitrogens is 4. The lowest BCUT2D eigenvalue weighted by Gasteiger charge is -2.05. The number of carbonyl (C=O) groups is 1. The maximum atomic E-state index is 12.4. The molecular weight excluding hydrogens is 364 g/mol. The highest BCUT2D eigenvalue weighted by Gasteiger charge is 2.14. The van der Waals surface area contributed by atoms with Crippen molar-refractivity contribution in [3.8, 4) is 11.3 Å². The largest absolute Gasteiger partial charge is 0.461 e.